The first-order chi connectivity index (χ1) is 11.6. The summed E-state index contributed by atoms with van der Waals surface area (Å²) in [5, 5.41) is 0. The first-order valence-corrected chi connectivity index (χ1v) is 8.33. The Morgan fingerprint density at radius 3 is 2.38 bits per heavy atom. The maximum Gasteiger partial charge on any atom is 0.333 e. The molecular formula is C19H28O5. The third-order valence-electron chi connectivity index (χ3n) is 3.14. The molecule has 0 aromatic heterocycles. The SMILES string of the molecule is C=C(C)C(=O)OC(COCCCCOCC)COc1ccccc1. The van der Waals surface area contributed by atoms with Crippen molar-refractivity contribution in [2.75, 3.05) is 33.0 Å². The highest BCUT2D eigenvalue weighted by Crippen LogP contribution is 2.10. The standard InChI is InChI=1S/C19H28O5/c1-4-21-12-8-9-13-22-14-18(24-19(20)16(2)3)15-23-17-10-6-5-7-11-17/h5-7,10-11,18H,2,4,8-9,12-15H2,1,3H3. The average Bonchev–Trinajstić information content (AvgIpc) is 2.59. The van der Waals surface area contributed by atoms with Gasteiger partial charge in [-0.15, -0.1) is 0 Å². The second-order valence-electron chi connectivity index (χ2n) is 5.41. The molecule has 0 spiro atoms. The summed E-state index contributed by atoms with van der Waals surface area (Å²) in [4.78, 5) is 11.7. The highest BCUT2D eigenvalue weighted by molar-refractivity contribution is 5.87. The van der Waals surface area contributed by atoms with Gasteiger partial charge in [-0.1, -0.05) is 24.8 Å². The van der Waals surface area contributed by atoms with Crippen molar-refractivity contribution in [3.05, 3.63) is 42.5 Å². The summed E-state index contributed by atoms with van der Waals surface area (Å²) in [6, 6.07) is 9.40. The number of benzene rings is 1. The van der Waals surface area contributed by atoms with Gasteiger partial charge in [-0.25, -0.2) is 4.79 Å². The molecule has 0 bridgehead atoms. The second kappa shape index (κ2) is 12.6. The minimum absolute atomic E-state index is 0.238. The quantitative estimate of drug-likeness (QED) is 0.314. The van der Waals surface area contributed by atoms with Crippen LogP contribution in [-0.4, -0.2) is 45.1 Å². The van der Waals surface area contributed by atoms with Gasteiger partial charge >= 0.3 is 5.97 Å². The Hall–Kier alpha value is -1.85. The van der Waals surface area contributed by atoms with Crippen LogP contribution >= 0.6 is 0 Å². The van der Waals surface area contributed by atoms with Gasteiger partial charge in [0.25, 0.3) is 0 Å². The molecule has 0 saturated heterocycles. The van der Waals surface area contributed by atoms with Crippen molar-refractivity contribution in [3.63, 3.8) is 0 Å². The molecular weight excluding hydrogens is 308 g/mol. The lowest BCUT2D eigenvalue weighted by atomic mass is 10.3. The Morgan fingerprint density at radius 1 is 1.08 bits per heavy atom. The summed E-state index contributed by atoms with van der Waals surface area (Å²) >= 11 is 0. The first kappa shape index (κ1) is 20.2. The smallest absolute Gasteiger partial charge is 0.333 e. The van der Waals surface area contributed by atoms with Gasteiger partial charge in [0, 0.05) is 25.4 Å². The first-order valence-electron chi connectivity index (χ1n) is 8.33. The number of unbranched alkanes of at least 4 members (excludes halogenated alkanes) is 1. The summed E-state index contributed by atoms with van der Waals surface area (Å²) < 4.78 is 21.9. The number of hydrogen-bond acceptors (Lipinski definition) is 5. The van der Waals surface area contributed by atoms with Crippen LogP contribution in [0.3, 0.4) is 0 Å². The van der Waals surface area contributed by atoms with Gasteiger partial charge in [0.2, 0.25) is 0 Å². The molecule has 24 heavy (non-hydrogen) atoms. The fourth-order valence-corrected chi connectivity index (χ4v) is 1.84. The van der Waals surface area contributed by atoms with Crippen LogP contribution in [0.4, 0.5) is 0 Å². The predicted octanol–water partition coefficient (Wildman–Crippen LogP) is 3.39. The van der Waals surface area contributed by atoms with E-state index < -0.39 is 12.1 Å². The molecule has 0 fully saturated rings. The zero-order chi connectivity index (χ0) is 17.6. The molecule has 134 valence electrons. The van der Waals surface area contributed by atoms with E-state index in [2.05, 4.69) is 6.58 Å². The monoisotopic (exact) mass is 336 g/mol. The van der Waals surface area contributed by atoms with E-state index in [1.54, 1.807) is 6.92 Å². The number of ether oxygens (including phenoxy) is 4. The molecule has 5 heteroatoms. The topological polar surface area (TPSA) is 54.0 Å². The normalized spacial score (nSPS) is 11.8. The van der Waals surface area contributed by atoms with Crippen molar-refractivity contribution in [3.8, 4) is 5.75 Å². The molecule has 0 aliphatic heterocycles. The number of para-hydroxylation sites is 1. The van der Waals surface area contributed by atoms with Crippen LogP contribution in [0.1, 0.15) is 26.7 Å². The van der Waals surface area contributed by atoms with Gasteiger partial charge in [0.1, 0.15) is 12.4 Å². The Balaban J connectivity index is 2.34. The molecule has 0 radical (unpaired) electrons. The van der Waals surface area contributed by atoms with Crippen LogP contribution < -0.4 is 4.74 Å². The van der Waals surface area contributed by atoms with Gasteiger partial charge in [-0.3, -0.25) is 0 Å². The molecule has 1 unspecified atom stereocenters. The maximum absolute atomic E-state index is 11.7. The molecule has 1 aromatic carbocycles. The van der Waals surface area contributed by atoms with E-state index >= 15 is 0 Å². The van der Waals surface area contributed by atoms with E-state index in [1.807, 2.05) is 37.3 Å². The molecule has 0 aliphatic rings. The molecule has 0 aliphatic carbocycles. The number of esters is 1. The zero-order valence-corrected chi connectivity index (χ0v) is 14.7. The summed E-state index contributed by atoms with van der Waals surface area (Å²) in [5.41, 5.74) is 0.358. The highest BCUT2D eigenvalue weighted by atomic mass is 16.6. The molecule has 5 nitrogen and oxygen atoms in total. The number of carbonyl (C=O) groups excluding carboxylic acids is 1. The maximum atomic E-state index is 11.7. The fraction of sp³-hybridized carbons (Fsp3) is 0.526. The van der Waals surface area contributed by atoms with Gasteiger partial charge in [0.05, 0.1) is 6.61 Å². The molecule has 0 heterocycles. The van der Waals surface area contributed by atoms with Crippen LogP contribution in [0.2, 0.25) is 0 Å². The molecule has 1 aromatic rings. The molecule has 1 atom stereocenters. The van der Waals surface area contributed by atoms with Crippen LogP contribution in [0.5, 0.6) is 5.75 Å². The Labute approximate surface area is 144 Å². The lowest BCUT2D eigenvalue weighted by molar-refractivity contribution is -0.149. The third kappa shape index (κ3) is 9.33. The van der Waals surface area contributed by atoms with E-state index in [0.29, 0.717) is 18.8 Å². The fourth-order valence-electron chi connectivity index (χ4n) is 1.84. The summed E-state index contributed by atoms with van der Waals surface area (Å²) in [6.07, 6.45) is 1.38. The van der Waals surface area contributed by atoms with Crippen LogP contribution in [0.15, 0.2) is 42.5 Å². The molecule has 0 amide bonds. The second-order valence-corrected chi connectivity index (χ2v) is 5.41. The zero-order valence-electron chi connectivity index (χ0n) is 14.7. The summed E-state index contributed by atoms with van der Waals surface area (Å²) in [5.74, 6) is 0.294. The van der Waals surface area contributed by atoms with E-state index in [1.165, 1.54) is 0 Å². The minimum Gasteiger partial charge on any atom is -0.490 e. The van der Waals surface area contributed by atoms with E-state index in [9.17, 15) is 4.79 Å². The molecule has 0 N–H and O–H groups in total. The number of hydrogen-bond donors (Lipinski definition) is 0. The van der Waals surface area contributed by atoms with Crippen molar-refractivity contribution in [1.29, 1.82) is 0 Å². The molecule has 1 rings (SSSR count). The highest BCUT2D eigenvalue weighted by Gasteiger charge is 2.16. The van der Waals surface area contributed by atoms with Crippen molar-refractivity contribution >= 4 is 5.97 Å². The van der Waals surface area contributed by atoms with Crippen molar-refractivity contribution in [2.45, 2.75) is 32.8 Å². The van der Waals surface area contributed by atoms with E-state index in [-0.39, 0.29) is 6.61 Å². The molecule has 0 saturated carbocycles. The van der Waals surface area contributed by atoms with Crippen LogP contribution in [0.25, 0.3) is 0 Å². The van der Waals surface area contributed by atoms with E-state index in [0.717, 1.165) is 31.8 Å². The van der Waals surface area contributed by atoms with Gasteiger partial charge in [0.15, 0.2) is 6.10 Å². The minimum atomic E-state index is -0.471. The van der Waals surface area contributed by atoms with Crippen molar-refractivity contribution < 1.29 is 23.7 Å². The van der Waals surface area contributed by atoms with Gasteiger partial charge in [-0.05, 0) is 38.8 Å². The Kier molecular flexibility index (Phi) is 10.6. The predicted molar refractivity (Wildman–Crippen MR) is 93.2 cm³/mol. The lowest BCUT2D eigenvalue weighted by Crippen LogP contribution is -2.30. The third-order valence-corrected chi connectivity index (χ3v) is 3.14. The average molecular weight is 336 g/mol. The van der Waals surface area contributed by atoms with Crippen LogP contribution in [0, 0.1) is 0 Å². The largest absolute Gasteiger partial charge is 0.490 e. The van der Waals surface area contributed by atoms with Gasteiger partial charge < -0.3 is 18.9 Å². The summed E-state index contributed by atoms with van der Waals surface area (Å²) in [7, 11) is 0. The summed E-state index contributed by atoms with van der Waals surface area (Å²) in [6.45, 7) is 9.79. The van der Waals surface area contributed by atoms with Gasteiger partial charge in [-0.2, -0.15) is 0 Å². The van der Waals surface area contributed by atoms with Crippen molar-refractivity contribution in [1.82, 2.24) is 0 Å². The van der Waals surface area contributed by atoms with Crippen molar-refractivity contribution in [2.24, 2.45) is 0 Å². The van der Waals surface area contributed by atoms with E-state index in [4.69, 9.17) is 18.9 Å². The number of carbonyl (C=O) groups is 1. The lowest BCUT2D eigenvalue weighted by Gasteiger charge is -2.19. The Bertz CT molecular complexity index is 472. The Morgan fingerprint density at radius 2 is 1.75 bits per heavy atom. The van der Waals surface area contributed by atoms with Crippen LogP contribution in [-0.2, 0) is 19.0 Å². The number of rotatable bonds is 13.